The lowest BCUT2D eigenvalue weighted by atomic mass is 9.91. The van der Waals surface area contributed by atoms with Crippen LogP contribution in [0, 0.1) is 5.92 Å². The number of hydrogen-bond acceptors (Lipinski definition) is 1. The highest BCUT2D eigenvalue weighted by molar-refractivity contribution is 6.02. The lowest BCUT2D eigenvalue weighted by Crippen LogP contribution is -2.17. The molecule has 0 radical (unpaired) electrons. The molecule has 23 heavy (non-hydrogen) atoms. The third kappa shape index (κ3) is 5.25. The van der Waals surface area contributed by atoms with E-state index in [1.165, 1.54) is 7.05 Å². The lowest BCUT2D eigenvalue weighted by Gasteiger charge is -2.18. The maximum absolute atomic E-state index is 12.9. The zero-order valence-electron chi connectivity index (χ0n) is 13.1. The van der Waals surface area contributed by atoms with Gasteiger partial charge in [0.05, 0.1) is 11.1 Å². The van der Waals surface area contributed by atoms with Gasteiger partial charge >= 0.3 is 12.4 Å². The molecule has 0 saturated heterocycles. The van der Waals surface area contributed by atoms with E-state index >= 15 is 0 Å². The Morgan fingerprint density at radius 1 is 1.00 bits per heavy atom. The van der Waals surface area contributed by atoms with Crippen molar-refractivity contribution in [3.05, 3.63) is 34.9 Å². The Hall–Kier alpha value is -1.53. The third-order valence-corrected chi connectivity index (χ3v) is 3.58. The second-order valence-corrected chi connectivity index (χ2v) is 5.45. The average molecular weight is 339 g/mol. The topological polar surface area (TPSA) is 12.4 Å². The Balaban J connectivity index is 3.39. The summed E-state index contributed by atoms with van der Waals surface area (Å²) in [5.41, 5.74) is -2.49. The molecule has 1 atom stereocenters. The SMILES string of the molecule is CCCCC(C)C(=NC)c1cc(C(F)(F)F)cc(C(F)(F)F)c1. The third-order valence-electron chi connectivity index (χ3n) is 3.58. The van der Waals surface area contributed by atoms with E-state index in [0.29, 0.717) is 6.42 Å². The predicted molar refractivity (Wildman–Crippen MR) is 77.6 cm³/mol. The van der Waals surface area contributed by atoms with Crippen molar-refractivity contribution in [2.24, 2.45) is 10.9 Å². The first-order chi connectivity index (χ1) is 10.5. The van der Waals surface area contributed by atoms with Gasteiger partial charge in [0.2, 0.25) is 0 Å². The monoisotopic (exact) mass is 339 g/mol. The zero-order chi connectivity index (χ0) is 17.8. The van der Waals surface area contributed by atoms with Crippen LogP contribution in [0.25, 0.3) is 0 Å². The van der Waals surface area contributed by atoms with Crippen LogP contribution in [0.5, 0.6) is 0 Å². The second-order valence-electron chi connectivity index (χ2n) is 5.45. The quantitative estimate of drug-likeness (QED) is 0.463. The fourth-order valence-corrected chi connectivity index (χ4v) is 2.38. The summed E-state index contributed by atoms with van der Waals surface area (Å²) in [5.74, 6) is -0.218. The van der Waals surface area contributed by atoms with Gasteiger partial charge in [0, 0.05) is 12.8 Å². The minimum atomic E-state index is -4.85. The fourth-order valence-electron chi connectivity index (χ4n) is 2.38. The number of unbranched alkanes of at least 4 members (excludes halogenated alkanes) is 1. The molecule has 7 heteroatoms. The maximum atomic E-state index is 12.9. The first-order valence-corrected chi connectivity index (χ1v) is 7.27. The minimum Gasteiger partial charge on any atom is -0.292 e. The summed E-state index contributed by atoms with van der Waals surface area (Å²) in [6.07, 6.45) is -7.33. The van der Waals surface area contributed by atoms with Gasteiger partial charge in [-0.3, -0.25) is 4.99 Å². The summed E-state index contributed by atoms with van der Waals surface area (Å²) in [5, 5.41) is 0. The molecule has 0 aromatic heterocycles. The van der Waals surface area contributed by atoms with E-state index < -0.39 is 23.5 Å². The Bertz CT molecular complexity index is 524. The van der Waals surface area contributed by atoms with Gasteiger partial charge in [-0.1, -0.05) is 26.7 Å². The summed E-state index contributed by atoms with van der Waals surface area (Å²) >= 11 is 0. The standard InChI is InChI=1S/C16H19F6N/c1-4-5-6-10(2)14(23-3)11-7-12(15(17,18)19)9-13(8-11)16(20,21)22/h7-10H,4-6H2,1-3H3. The summed E-state index contributed by atoms with van der Waals surface area (Å²) in [6.45, 7) is 3.72. The van der Waals surface area contributed by atoms with Gasteiger partial charge in [0.25, 0.3) is 0 Å². The Kier molecular flexibility index (Phi) is 6.25. The van der Waals surface area contributed by atoms with Crippen LogP contribution in [0.4, 0.5) is 26.3 Å². The number of benzene rings is 1. The largest absolute Gasteiger partial charge is 0.416 e. The van der Waals surface area contributed by atoms with E-state index in [9.17, 15) is 26.3 Å². The van der Waals surface area contributed by atoms with Gasteiger partial charge < -0.3 is 0 Å². The predicted octanol–water partition coefficient (Wildman–Crippen LogP) is 5.97. The molecule has 0 aliphatic carbocycles. The molecule has 0 N–H and O–H groups in total. The number of alkyl halides is 6. The van der Waals surface area contributed by atoms with Crippen LogP contribution in [0.3, 0.4) is 0 Å². The molecule has 0 saturated carbocycles. The summed E-state index contributed by atoms with van der Waals surface area (Å²) in [4.78, 5) is 3.94. The molecule has 1 aromatic rings. The van der Waals surface area contributed by atoms with Crippen molar-refractivity contribution in [2.45, 2.75) is 45.5 Å². The molecule has 0 amide bonds. The molecule has 0 aliphatic rings. The molecule has 130 valence electrons. The molecule has 0 aliphatic heterocycles. The van der Waals surface area contributed by atoms with Crippen molar-refractivity contribution in [3.63, 3.8) is 0 Å². The van der Waals surface area contributed by atoms with E-state index in [2.05, 4.69) is 4.99 Å². The molecule has 0 bridgehead atoms. The Labute approximate surface area is 131 Å². The zero-order valence-corrected chi connectivity index (χ0v) is 13.1. The normalized spacial score (nSPS) is 14.9. The molecule has 0 spiro atoms. The van der Waals surface area contributed by atoms with E-state index in [0.717, 1.165) is 25.0 Å². The van der Waals surface area contributed by atoms with Gasteiger partial charge in [0.15, 0.2) is 0 Å². The van der Waals surface area contributed by atoms with Crippen molar-refractivity contribution in [1.82, 2.24) is 0 Å². The van der Waals surface area contributed by atoms with Crippen molar-refractivity contribution in [2.75, 3.05) is 7.05 Å². The van der Waals surface area contributed by atoms with E-state index in [4.69, 9.17) is 0 Å². The highest BCUT2D eigenvalue weighted by Crippen LogP contribution is 2.37. The van der Waals surface area contributed by atoms with Crippen molar-refractivity contribution >= 4 is 5.71 Å². The van der Waals surface area contributed by atoms with E-state index in [1.807, 2.05) is 6.92 Å². The molecule has 1 rings (SSSR count). The van der Waals surface area contributed by atoms with Crippen molar-refractivity contribution in [3.8, 4) is 0 Å². The molecule has 1 aromatic carbocycles. The van der Waals surface area contributed by atoms with Crippen molar-refractivity contribution < 1.29 is 26.3 Å². The second kappa shape index (κ2) is 7.36. The van der Waals surface area contributed by atoms with Gasteiger partial charge in [-0.25, -0.2) is 0 Å². The van der Waals surface area contributed by atoms with E-state index in [1.54, 1.807) is 6.92 Å². The van der Waals surface area contributed by atoms with Crippen LogP contribution >= 0.6 is 0 Å². The number of hydrogen-bond donors (Lipinski definition) is 0. The number of halogens is 6. The molecular weight excluding hydrogens is 320 g/mol. The fraction of sp³-hybridized carbons (Fsp3) is 0.562. The first kappa shape index (κ1) is 19.5. The molecule has 1 nitrogen and oxygen atoms in total. The van der Waals surface area contributed by atoms with Crippen LogP contribution in [0.2, 0.25) is 0 Å². The van der Waals surface area contributed by atoms with Crippen LogP contribution < -0.4 is 0 Å². The van der Waals surface area contributed by atoms with Crippen LogP contribution in [0.15, 0.2) is 23.2 Å². The first-order valence-electron chi connectivity index (χ1n) is 7.27. The highest BCUT2D eigenvalue weighted by Gasteiger charge is 2.37. The molecule has 1 unspecified atom stereocenters. The number of aliphatic imine (C=N–C) groups is 1. The van der Waals surface area contributed by atoms with Crippen LogP contribution in [-0.4, -0.2) is 12.8 Å². The molecule has 0 fully saturated rings. The number of nitrogens with zero attached hydrogens (tertiary/aromatic N) is 1. The summed E-state index contributed by atoms with van der Waals surface area (Å²) < 4.78 is 77.4. The van der Waals surface area contributed by atoms with E-state index in [-0.39, 0.29) is 23.3 Å². The van der Waals surface area contributed by atoms with Crippen LogP contribution in [-0.2, 0) is 12.4 Å². The summed E-state index contributed by atoms with van der Waals surface area (Å²) in [6, 6.07) is 1.60. The average Bonchev–Trinajstić information content (AvgIpc) is 2.43. The van der Waals surface area contributed by atoms with Gasteiger partial charge in [-0.2, -0.15) is 26.3 Å². The minimum absolute atomic E-state index is 0.127. The van der Waals surface area contributed by atoms with Gasteiger partial charge in [-0.05, 0) is 36.1 Å². The Morgan fingerprint density at radius 3 is 1.83 bits per heavy atom. The number of rotatable bonds is 5. The van der Waals surface area contributed by atoms with Gasteiger partial charge in [0.1, 0.15) is 0 Å². The Morgan fingerprint density at radius 2 is 1.48 bits per heavy atom. The molecular formula is C16H19F6N. The van der Waals surface area contributed by atoms with Gasteiger partial charge in [-0.15, -0.1) is 0 Å². The molecule has 0 heterocycles. The highest BCUT2D eigenvalue weighted by atomic mass is 19.4. The maximum Gasteiger partial charge on any atom is 0.416 e. The smallest absolute Gasteiger partial charge is 0.292 e. The van der Waals surface area contributed by atoms with Crippen molar-refractivity contribution in [1.29, 1.82) is 0 Å². The summed E-state index contributed by atoms with van der Waals surface area (Å²) in [7, 11) is 1.38. The van der Waals surface area contributed by atoms with Crippen LogP contribution in [0.1, 0.15) is 49.8 Å². The lowest BCUT2D eigenvalue weighted by molar-refractivity contribution is -0.143.